The van der Waals surface area contributed by atoms with Gasteiger partial charge in [-0.1, -0.05) is 42.3 Å². The van der Waals surface area contributed by atoms with Crippen molar-refractivity contribution in [3.05, 3.63) is 63.4 Å². The van der Waals surface area contributed by atoms with Crippen LogP contribution in [0.5, 0.6) is 0 Å². The first-order valence-electron chi connectivity index (χ1n) is 6.71. The summed E-state index contributed by atoms with van der Waals surface area (Å²) in [5.41, 5.74) is 3.18. The van der Waals surface area contributed by atoms with Gasteiger partial charge in [0.1, 0.15) is 0 Å². The average Bonchev–Trinajstić information content (AvgIpc) is 2.43. The summed E-state index contributed by atoms with van der Waals surface area (Å²) in [6.45, 7) is 5.02. The second-order valence-corrected chi connectivity index (χ2v) is 5.53. The number of aryl methyl sites for hydroxylation is 1. The van der Waals surface area contributed by atoms with Crippen LogP contribution in [0.3, 0.4) is 0 Å². The molecule has 0 aliphatic rings. The van der Waals surface area contributed by atoms with Crippen molar-refractivity contribution in [3.8, 4) is 0 Å². The van der Waals surface area contributed by atoms with E-state index in [1.165, 1.54) is 5.56 Å². The third kappa shape index (κ3) is 3.51. The largest absolute Gasteiger partial charge is 0.309 e. The SMILES string of the molecule is CCNC(Cc1c(Cl)cccc1Cl)c1ncccc1C. The second-order valence-electron chi connectivity index (χ2n) is 4.72. The number of likely N-dealkylation sites (N-methyl/N-ethyl adjacent to an activating group) is 1. The number of aromatic nitrogens is 1. The molecular formula is C16H18Cl2N2. The normalized spacial score (nSPS) is 12.4. The van der Waals surface area contributed by atoms with Gasteiger partial charge in [0, 0.05) is 16.2 Å². The van der Waals surface area contributed by atoms with Crippen molar-refractivity contribution in [2.75, 3.05) is 6.54 Å². The Labute approximate surface area is 130 Å². The van der Waals surface area contributed by atoms with E-state index in [9.17, 15) is 0 Å². The molecule has 1 atom stereocenters. The van der Waals surface area contributed by atoms with Crippen LogP contribution in [0.15, 0.2) is 36.5 Å². The number of halogens is 2. The van der Waals surface area contributed by atoms with E-state index in [2.05, 4.69) is 30.2 Å². The van der Waals surface area contributed by atoms with E-state index in [4.69, 9.17) is 23.2 Å². The first kappa shape index (κ1) is 15.3. The molecule has 1 N–H and O–H groups in total. The summed E-state index contributed by atoms with van der Waals surface area (Å²) in [4.78, 5) is 4.50. The summed E-state index contributed by atoms with van der Waals surface area (Å²) in [7, 11) is 0. The van der Waals surface area contributed by atoms with E-state index in [0.29, 0.717) is 10.0 Å². The maximum atomic E-state index is 6.27. The van der Waals surface area contributed by atoms with Crippen molar-refractivity contribution in [3.63, 3.8) is 0 Å². The predicted molar refractivity (Wildman–Crippen MR) is 85.6 cm³/mol. The van der Waals surface area contributed by atoms with Crippen LogP contribution in [0.25, 0.3) is 0 Å². The number of benzene rings is 1. The zero-order chi connectivity index (χ0) is 14.5. The van der Waals surface area contributed by atoms with Gasteiger partial charge in [-0.15, -0.1) is 0 Å². The van der Waals surface area contributed by atoms with E-state index in [0.717, 1.165) is 24.2 Å². The minimum Gasteiger partial charge on any atom is -0.309 e. The molecular weight excluding hydrogens is 291 g/mol. The van der Waals surface area contributed by atoms with E-state index in [-0.39, 0.29) is 6.04 Å². The van der Waals surface area contributed by atoms with E-state index in [1.54, 1.807) is 0 Å². The lowest BCUT2D eigenvalue weighted by Crippen LogP contribution is -2.25. The Kier molecular flexibility index (Phi) is 5.41. The lowest BCUT2D eigenvalue weighted by molar-refractivity contribution is 0.534. The molecule has 1 heterocycles. The summed E-state index contributed by atoms with van der Waals surface area (Å²) >= 11 is 12.5. The maximum Gasteiger partial charge on any atom is 0.0605 e. The van der Waals surface area contributed by atoms with Gasteiger partial charge in [0.05, 0.1) is 11.7 Å². The van der Waals surface area contributed by atoms with Crippen molar-refractivity contribution in [1.82, 2.24) is 10.3 Å². The van der Waals surface area contributed by atoms with Crippen LogP contribution < -0.4 is 5.32 Å². The van der Waals surface area contributed by atoms with Crippen LogP contribution >= 0.6 is 23.2 Å². The molecule has 1 aromatic heterocycles. The summed E-state index contributed by atoms with van der Waals surface area (Å²) in [5.74, 6) is 0. The number of rotatable bonds is 5. The van der Waals surface area contributed by atoms with Crippen molar-refractivity contribution in [2.45, 2.75) is 26.3 Å². The molecule has 0 spiro atoms. The molecule has 0 aliphatic carbocycles. The molecule has 2 rings (SSSR count). The third-order valence-electron chi connectivity index (χ3n) is 3.30. The van der Waals surface area contributed by atoms with Gasteiger partial charge in [-0.25, -0.2) is 0 Å². The van der Waals surface area contributed by atoms with Crippen molar-refractivity contribution in [1.29, 1.82) is 0 Å². The van der Waals surface area contributed by atoms with Crippen molar-refractivity contribution >= 4 is 23.2 Å². The molecule has 0 amide bonds. The number of nitrogens with one attached hydrogen (secondary N) is 1. The Bertz CT molecular complexity index is 564. The summed E-state index contributed by atoms with van der Waals surface area (Å²) in [6.07, 6.45) is 2.55. The van der Waals surface area contributed by atoms with Gasteiger partial charge in [0.2, 0.25) is 0 Å². The smallest absolute Gasteiger partial charge is 0.0605 e. The van der Waals surface area contributed by atoms with Crippen LogP contribution in [0.1, 0.15) is 29.8 Å². The molecule has 0 saturated carbocycles. The Morgan fingerprint density at radius 3 is 2.45 bits per heavy atom. The lowest BCUT2D eigenvalue weighted by atomic mass is 9.99. The molecule has 1 aromatic carbocycles. The lowest BCUT2D eigenvalue weighted by Gasteiger charge is -2.20. The van der Waals surface area contributed by atoms with Gasteiger partial charge < -0.3 is 5.32 Å². The number of hydrogen-bond acceptors (Lipinski definition) is 2. The Morgan fingerprint density at radius 2 is 1.85 bits per heavy atom. The Hall–Kier alpha value is -1.09. The first-order chi connectivity index (χ1) is 9.63. The molecule has 0 fully saturated rings. The summed E-state index contributed by atoms with van der Waals surface area (Å²) in [6, 6.07) is 9.74. The first-order valence-corrected chi connectivity index (χ1v) is 7.46. The fraction of sp³-hybridized carbons (Fsp3) is 0.312. The van der Waals surface area contributed by atoms with Crippen LogP contribution in [0.2, 0.25) is 10.0 Å². The zero-order valence-electron chi connectivity index (χ0n) is 11.7. The molecule has 0 radical (unpaired) electrons. The predicted octanol–water partition coefficient (Wildman–Crippen LogP) is 4.59. The summed E-state index contributed by atoms with van der Waals surface area (Å²) in [5, 5.41) is 4.87. The standard InChI is InChI=1S/C16H18Cl2N2/c1-3-19-15(16-11(2)6-5-9-20-16)10-12-13(17)7-4-8-14(12)18/h4-9,15,19H,3,10H2,1-2H3. The van der Waals surface area contributed by atoms with Gasteiger partial charge in [-0.3, -0.25) is 4.98 Å². The minimum atomic E-state index is 0.110. The molecule has 106 valence electrons. The third-order valence-corrected chi connectivity index (χ3v) is 4.01. The van der Waals surface area contributed by atoms with Crippen LogP contribution in [0.4, 0.5) is 0 Å². The number of nitrogens with zero attached hydrogens (tertiary/aromatic N) is 1. The Morgan fingerprint density at radius 1 is 1.15 bits per heavy atom. The summed E-state index contributed by atoms with van der Waals surface area (Å²) < 4.78 is 0. The van der Waals surface area contributed by atoms with Crippen LogP contribution in [-0.4, -0.2) is 11.5 Å². The molecule has 0 bridgehead atoms. The highest BCUT2D eigenvalue weighted by Gasteiger charge is 2.17. The topological polar surface area (TPSA) is 24.9 Å². The molecule has 2 aromatic rings. The fourth-order valence-corrected chi connectivity index (χ4v) is 2.86. The van der Waals surface area contributed by atoms with Gasteiger partial charge >= 0.3 is 0 Å². The van der Waals surface area contributed by atoms with Gasteiger partial charge in [-0.2, -0.15) is 0 Å². The molecule has 20 heavy (non-hydrogen) atoms. The van der Waals surface area contributed by atoms with Gasteiger partial charge in [0.15, 0.2) is 0 Å². The fourth-order valence-electron chi connectivity index (χ4n) is 2.31. The molecule has 4 heteroatoms. The average molecular weight is 309 g/mol. The minimum absolute atomic E-state index is 0.110. The highest BCUT2D eigenvalue weighted by molar-refractivity contribution is 6.36. The van der Waals surface area contributed by atoms with Crippen LogP contribution in [-0.2, 0) is 6.42 Å². The van der Waals surface area contributed by atoms with Gasteiger partial charge in [-0.05, 0) is 49.2 Å². The van der Waals surface area contributed by atoms with E-state index >= 15 is 0 Å². The quantitative estimate of drug-likeness (QED) is 0.874. The molecule has 1 unspecified atom stereocenters. The van der Waals surface area contributed by atoms with Gasteiger partial charge in [0.25, 0.3) is 0 Å². The van der Waals surface area contributed by atoms with E-state index in [1.807, 2.05) is 30.5 Å². The maximum absolute atomic E-state index is 6.27. The molecule has 0 saturated heterocycles. The highest BCUT2D eigenvalue weighted by Crippen LogP contribution is 2.29. The van der Waals surface area contributed by atoms with Crippen molar-refractivity contribution < 1.29 is 0 Å². The van der Waals surface area contributed by atoms with E-state index < -0.39 is 0 Å². The van der Waals surface area contributed by atoms with Crippen molar-refractivity contribution in [2.24, 2.45) is 0 Å². The number of pyridine rings is 1. The number of hydrogen-bond donors (Lipinski definition) is 1. The Balaban J connectivity index is 2.33. The zero-order valence-corrected chi connectivity index (χ0v) is 13.2. The highest BCUT2D eigenvalue weighted by atomic mass is 35.5. The molecule has 2 nitrogen and oxygen atoms in total. The molecule has 0 aliphatic heterocycles. The van der Waals surface area contributed by atoms with Crippen LogP contribution in [0, 0.1) is 6.92 Å². The monoisotopic (exact) mass is 308 g/mol. The second kappa shape index (κ2) is 7.07.